The molecule has 0 spiro atoms. The molecule has 1 aromatic heterocycles. The monoisotopic (exact) mass is 188 g/mol. The van der Waals surface area contributed by atoms with Gasteiger partial charge in [-0.25, -0.2) is 0 Å². The Hall–Kier alpha value is -0.820. The minimum absolute atomic E-state index is 0.722. The summed E-state index contributed by atoms with van der Waals surface area (Å²) in [5, 5.41) is 2.21. The Bertz CT molecular complexity index is 382. The molecule has 1 unspecified atom stereocenters. The molecule has 3 rings (SSSR count). The van der Waals surface area contributed by atoms with Crippen molar-refractivity contribution in [2.75, 3.05) is 0 Å². The molecule has 0 amide bonds. The Balaban J connectivity index is 2.08. The van der Waals surface area contributed by atoms with Crippen molar-refractivity contribution < 1.29 is 0 Å². The second-order valence-corrected chi connectivity index (χ2v) is 4.80. The molecule has 0 fully saturated rings. The third kappa shape index (κ3) is 1.19. The minimum atomic E-state index is 0.722. The molecule has 1 atom stereocenters. The maximum Gasteiger partial charge on any atom is 0.0127 e. The maximum absolute atomic E-state index is 2.41. The van der Waals surface area contributed by atoms with E-state index >= 15 is 0 Å². The second kappa shape index (κ2) is 2.85. The van der Waals surface area contributed by atoms with Crippen LogP contribution < -0.4 is 0 Å². The van der Waals surface area contributed by atoms with Gasteiger partial charge in [0.2, 0.25) is 0 Å². The van der Waals surface area contributed by atoms with Crippen LogP contribution in [0, 0.1) is 5.92 Å². The minimum Gasteiger partial charge on any atom is -0.148 e. The number of hydrogen-bond acceptors (Lipinski definition) is 1. The Morgan fingerprint density at radius 3 is 3.38 bits per heavy atom. The van der Waals surface area contributed by atoms with Crippen LogP contribution in [0.5, 0.6) is 0 Å². The second-order valence-electron chi connectivity index (χ2n) is 3.80. The van der Waals surface area contributed by atoms with Gasteiger partial charge in [0.1, 0.15) is 0 Å². The van der Waals surface area contributed by atoms with E-state index < -0.39 is 0 Å². The first kappa shape index (κ1) is 7.57. The lowest BCUT2D eigenvalue weighted by atomic mass is 9.82. The van der Waals surface area contributed by atoms with Crippen molar-refractivity contribution in [3.63, 3.8) is 0 Å². The summed E-state index contributed by atoms with van der Waals surface area (Å²) in [5.74, 6) is 0.722. The van der Waals surface area contributed by atoms with E-state index in [0.29, 0.717) is 0 Å². The molecule has 0 saturated heterocycles. The van der Waals surface area contributed by atoms with E-state index in [1.54, 1.807) is 10.5 Å². The normalized spacial score (nSPS) is 24.9. The summed E-state index contributed by atoms with van der Waals surface area (Å²) in [7, 11) is 0. The summed E-state index contributed by atoms with van der Waals surface area (Å²) in [4.78, 5) is 1.57. The van der Waals surface area contributed by atoms with Gasteiger partial charge in [-0.3, -0.25) is 0 Å². The van der Waals surface area contributed by atoms with Gasteiger partial charge in [-0.05, 0) is 36.3 Å². The number of thiophene rings is 1. The van der Waals surface area contributed by atoms with Gasteiger partial charge < -0.3 is 0 Å². The van der Waals surface area contributed by atoms with Crippen LogP contribution >= 0.6 is 11.3 Å². The molecule has 0 nitrogen and oxygen atoms in total. The Labute approximate surface area is 82.6 Å². The van der Waals surface area contributed by atoms with Crippen molar-refractivity contribution in [2.45, 2.75) is 19.3 Å². The van der Waals surface area contributed by atoms with Crippen LogP contribution in [0.2, 0.25) is 0 Å². The van der Waals surface area contributed by atoms with Crippen molar-refractivity contribution in [2.24, 2.45) is 5.92 Å². The molecule has 0 N–H and O–H groups in total. The molecule has 13 heavy (non-hydrogen) atoms. The van der Waals surface area contributed by atoms with Gasteiger partial charge in [-0.15, -0.1) is 11.3 Å². The predicted octanol–water partition coefficient (Wildman–Crippen LogP) is 3.65. The average molecular weight is 188 g/mol. The van der Waals surface area contributed by atoms with Crippen molar-refractivity contribution >= 4 is 17.4 Å². The first-order chi connectivity index (χ1) is 6.43. The third-order valence-corrected chi connectivity index (χ3v) is 3.93. The molecule has 2 aliphatic carbocycles. The van der Waals surface area contributed by atoms with E-state index in [2.05, 4.69) is 29.7 Å². The van der Waals surface area contributed by atoms with Crippen molar-refractivity contribution in [1.29, 1.82) is 0 Å². The number of hydrogen-bond donors (Lipinski definition) is 0. The molecular formula is C12H12S. The number of allylic oxidation sites excluding steroid dienone is 3. The molecule has 66 valence electrons. The zero-order chi connectivity index (χ0) is 8.67. The standard InChI is InChI=1S/C12H12S/c1-2-4-10-8-12-11(5-6-13-12)7-9(10)3-1/h2,4-7,10H,1,3,8H2. The van der Waals surface area contributed by atoms with Crippen LogP contribution in [-0.4, -0.2) is 0 Å². The van der Waals surface area contributed by atoms with E-state index in [1.807, 2.05) is 11.3 Å². The Morgan fingerprint density at radius 1 is 1.38 bits per heavy atom. The highest BCUT2D eigenvalue weighted by Crippen LogP contribution is 2.36. The van der Waals surface area contributed by atoms with E-state index in [0.717, 1.165) is 5.92 Å². The molecule has 1 heterocycles. The maximum atomic E-state index is 2.41. The van der Waals surface area contributed by atoms with Gasteiger partial charge in [0.25, 0.3) is 0 Å². The summed E-state index contributed by atoms with van der Waals surface area (Å²) in [6.07, 6.45) is 10.9. The molecule has 0 bridgehead atoms. The SMILES string of the molecule is C1=CC2Cc3sccc3C=C2CC1. The number of rotatable bonds is 0. The molecule has 0 aliphatic heterocycles. The lowest BCUT2D eigenvalue weighted by Gasteiger charge is -2.24. The fourth-order valence-corrected chi connectivity index (χ4v) is 3.16. The van der Waals surface area contributed by atoms with Crippen molar-refractivity contribution in [3.05, 3.63) is 39.6 Å². The highest BCUT2D eigenvalue weighted by Gasteiger charge is 2.21. The molecule has 1 aromatic rings. The molecule has 0 radical (unpaired) electrons. The summed E-state index contributed by atoms with van der Waals surface area (Å²) in [5.41, 5.74) is 3.12. The largest absolute Gasteiger partial charge is 0.148 e. The van der Waals surface area contributed by atoms with Crippen molar-refractivity contribution in [3.8, 4) is 0 Å². The molecule has 0 saturated carbocycles. The van der Waals surface area contributed by atoms with Gasteiger partial charge >= 0.3 is 0 Å². The van der Waals surface area contributed by atoms with Gasteiger partial charge in [-0.2, -0.15) is 0 Å². The van der Waals surface area contributed by atoms with Crippen LogP contribution in [0.15, 0.2) is 29.2 Å². The third-order valence-electron chi connectivity index (χ3n) is 2.97. The van der Waals surface area contributed by atoms with Crippen LogP contribution in [0.3, 0.4) is 0 Å². The summed E-state index contributed by atoms with van der Waals surface area (Å²) < 4.78 is 0. The lowest BCUT2D eigenvalue weighted by Crippen LogP contribution is -2.11. The molecule has 0 aromatic carbocycles. The van der Waals surface area contributed by atoms with E-state index in [-0.39, 0.29) is 0 Å². The number of fused-ring (bicyclic) bond motifs is 2. The topological polar surface area (TPSA) is 0 Å². The first-order valence-electron chi connectivity index (χ1n) is 4.87. The first-order valence-corrected chi connectivity index (χ1v) is 5.75. The van der Waals surface area contributed by atoms with Gasteiger partial charge in [-0.1, -0.05) is 23.8 Å². The smallest absolute Gasteiger partial charge is 0.0127 e. The highest BCUT2D eigenvalue weighted by molar-refractivity contribution is 7.10. The molecule has 2 aliphatic rings. The van der Waals surface area contributed by atoms with E-state index in [1.165, 1.54) is 24.8 Å². The van der Waals surface area contributed by atoms with E-state index in [4.69, 9.17) is 0 Å². The van der Waals surface area contributed by atoms with Crippen LogP contribution in [0.1, 0.15) is 23.3 Å². The predicted molar refractivity (Wildman–Crippen MR) is 57.9 cm³/mol. The summed E-state index contributed by atoms with van der Waals surface area (Å²) >= 11 is 1.90. The van der Waals surface area contributed by atoms with Gasteiger partial charge in [0, 0.05) is 10.8 Å². The van der Waals surface area contributed by atoms with Crippen LogP contribution in [-0.2, 0) is 6.42 Å². The van der Waals surface area contributed by atoms with Crippen molar-refractivity contribution in [1.82, 2.24) is 0 Å². The van der Waals surface area contributed by atoms with Crippen LogP contribution in [0.25, 0.3) is 6.08 Å². The zero-order valence-electron chi connectivity index (χ0n) is 7.49. The summed E-state index contributed by atoms with van der Waals surface area (Å²) in [6, 6.07) is 2.25. The zero-order valence-corrected chi connectivity index (χ0v) is 8.31. The average Bonchev–Trinajstić information content (AvgIpc) is 2.61. The Morgan fingerprint density at radius 2 is 2.38 bits per heavy atom. The van der Waals surface area contributed by atoms with Crippen LogP contribution in [0.4, 0.5) is 0 Å². The lowest BCUT2D eigenvalue weighted by molar-refractivity contribution is 0.682. The van der Waals surface area contributed by atoms with Gasteiger partial charge in [0.15, 0.2) is 0 Å². The quantitative estimate of drug-likeness (QED) is 0.545. The molecule has 1 heteroatoms. The fourth-order valence-electron chi connectivity index (χ4n) is 2.24. The fraction of sp³-hybridized carbons (Fsp3) is 0.333. The van der Waals surface area contributed by atoms with E-state index in [9.17, 15) is 0 Å². The molecular weight excluding hydrogens is 176 g/mol. The highest BCUT2D eigenvalue weighted by atomic mass is 32.1. The summed E-state index contributed by atoms with van der Waals surface area (Å²) in [6.45, 7) is 0. The Kier molecular flexibility index (Phi) is 1.66. The van der Waals surface area contributed by atoms with Gasteiger partial charge in [0.05, 0.1) is 0 Å².